The Morgan fingerprint density at radius 2 is 1.79 bits per heavy atom. The second kappa shape index (κ2) is 5.23. The molecule has 5 atom stereocenters. The van der Waals surface area contributed by atoms with E-state index >= 15 is 0 Å². The Kier molecular flexibility index (Phi) is 3.76. The summed E-state index contributed by atoms with van der Waals surface area (Å²) in [5.74, 6) is 1.92. The summed E-state index contributed by atoms with van der Waals surface area (Å²) >= 11 is 0. The molecule has 4 nitrogen and oxygen atoms in total. The molecule has 0 aromatic carbocycles. The van der Waals surface area contributed by atoms with Gasteiger partial charge in [0.1, 0.15) is 0 Å². The minimum absolute atomic E-state index is 0. The Labute approximate surface area is 120 Å². The highest BCUT2D eigenvalue weighted by molar-refractivity contribution is 5.85. The molecule has 0 aromatic rings. The number of fused-ring (bicyclic) bond motifs is 5. The van der Waals surface area contributed by atoms with Gasteiger partial charge in [-0.25, -0.2) is 0 Å². The first kappa shape index (κ1) is 13.7. The molecule has 5 heteroatoms. The standard InChI is InChI=1S/C14H22N2O2.ClH/c17-14(9-2-1-5-15-6-9)16-7-10-11(8-16)13-4-3-12(10)18-13;/h9-13,15H,1-8H2;1H. The number of halogens is 1. The van der Waals surface area contributed by atoms with Crippen molar-refractivity contribution in [2.75, 3.05) is 26.2 Å². The molecule has 4 heterocycles. The fourth-order valence-corrected chi connectivity index (χ4v) is 4.46. The number of nitrogens with zero attached hydrogens (tertiary/aromatic N) is 1. The summed E-state index contributed by atoms with van der Waals surface area (Å²) in [5.41, 5.74) is 0. The van der Waals surface area contributed by atoms with Gasteiger partial charge in [-0.3, -0.25) is 4.79 Å². The first-order chi connectivity index (χ1) is 8.83. The molecule has 1 N–H and O–H groups in total. The van der Waals surface area contributed by atoms with Gasteiger partial charge in [0.05, 0.1) is 18.1 Å². The summed E-state index contributed by atoms with van der Waals surface area (Å²) in [7, 11) is 0. The van der Waals surface area contributed by atoms with Crippen LogP contribution in [0.15, 0.2) is 0 Å². The molecule has 0 saturated carbocycles. The van der Waals surface area contributed by atoms with Crippen LogP contribution in [0, 0.1) is 17.8 Å². The molecular formula is C14H23ClN2O2. The van der Waals surface area contributed by atoms with Crippen LogP contribution in [0.5, 0.6) is 0 Å². The molecule has 1 amide bonds. The van der Waals surface area contributed by atoms with E-state index in [-0.39, 0.29) is 18.3 Å². The molecule has 4 saturated heterocycles. The fourth-order valence-electron chi connectivity index (χ4n) is 4.46. The molecule has 19 heavy (non-hydrogen) atoms. The van der Waals surface area contributed by atoms with E-state index in [0.717, 1.165) is 39.0 Å². The van der Waals surface area contributed by atoms with E-state index in [0.29, 0.717) is 30.0 Å². The van der Waals surface area contributed by atoms with Gasteiger partial charge < -0.3 is 15.0 Å². The van der Waals surface area contributed by atoms with Crippen LogP contribution < -0.4 is 5.32 Å². The molecule has 108 valence electrons. The topological polar surface area (TPSA) is 41.6 Å². The Bertz CT molecular complexity index is 341. The smallest absolute Gasteiger partial charge is 0.226 e. The molecule has 2 bridgehead atoms. The third-order valence-corrected chi connectivity index (χ3v) is 5.41. The van der Waals surface area contributed by atoms with E-state index in [1.54, 1.807) is 0 Å². The van der Waals surface area contributed by atoms with Gasteiger partial charge in [0.2, 0.25) is 5.91 Å². The lowest BCUT2D eigenvalue weighted by Gasteiger charge is -2.27. The Balaban J connectivity index is 0.00000110. The summed E-state index contributed by atoms with van der Waals surface area (Å²) in [6, 6.07) is 0. The SMILES string of the molecule is Cl.O=C(C1CCCNC1)N1CC2C3CCC(O3)C2C1. The zero-order valence-electron chi connectivity index (χ0n) is 11.2. The summed E-state index contributed by atoms with van der Waals surface area (Å²) in [6.07, 6.45) is 5.58. The number of hydrogen-bond acceptors (Lipinski definition) is 3. The molecule has 4 rings (SSSR count). The molecule has 0 radical (unpaired) electrons. The molecular weight excluding hydrogens is 264 g/mol. The van der Waals surface area contributed by atoms with Crippen molar-refractivity contribution in [3.05, 3.63) is 0 Å². The lowest BCUT2D eigenvalue weighted by molar-refractivity contribution is -0.135. The molecule has 0 aromatic heterocycles. The van der Waals surface area contributed by atoms with Crippen LogP contribution in [0.25, 0.3) is 0 Å². The quantitative estimate of drug-likeness (QED) is 0.783. The van der Waals surface area contributed by atoms with Gasteiger partial charge >= 0.3 is 0 Å². The molecule has 0 spiro atoms. The van der Waals surface area contributed by atoms with E-state index in [2.05, 4.69) is 10.2 Å². The first-order valence-corrected chi connectivity index (χ1v) is 7.48. The number of nitrogens with one attached hydrogen (secondary N) is 1. The highest BCUT2D eigenvalue weighted by atomic mass is 35.5. The number of likely N-dealkylation sites (tertiary alicyclic amines) is 1. The summed E-state index contributed by atoms with van der Waals surface area (Å²) in [6.45, 7) is 3.88. The van der Waals surface area contributed by atoms with Crippen molar-refractivity contribution >= 4 is 18.3 Å². The van der Waals surface area contributed by atoms with Gasteiger partial charge in [-0.15, -0.1) is 12.4 Å². The predicted molar refractivity (Wildman–Crippen MR) is 74.3 cm³/mol. The second-order valence-electron chi connectivity index (χ2n) is 6.40. The molecule has 4 aliphatic rings. The monoisotopic (exact) mass is 286 g/mol. The predicted octanol–water partition coefficient (Wildman–Crippen LogP) is 1.04. The van der Waals surface area contributed by atoms with Crippen LogP contribution in [0.3, 0.4) is 0 Å². The first-order valence-electron chi connectivity index (χ1n) is 7.48. The Hall–Kier alpha value is -0.320. The largest absolute Gasteiger partial charge is 0.374 e. The zero-order valence-corrected chi connectivity index (χ0v) is 12.0. The van der Waals surface area contributed by atoms with Gasteiger partial charge in [-0.05, 0) is 32.2 Å². The highest BCUT2D eigenvalue weighted by Gasteiger charge is 2.54. The number of ether oxygens (including phenoxy) is 1. The Morgan fingerprint density at radius 3 is 2.37 bits per heavy atom. The molecule has 0 aliphatic carbocycles. The van der Waals surface area contributed by atoms with Crippen molar-refractivity contribution in [3.8, 4) is 0 Å². The van der Waals surface area contributed by atoms with Crippen molar-refractivity contribution in [2.24, 2.45) is 17.8 Å². The van der Waals surface area contributed by atoms with Gasteiger partial charge in [0.15, 0.2) is 0 Å². The number of amides is 1. The van der Waals surface area contributed by atoms with Crippen LogP contribution in [0.4, 0.5) is 0 Å². The van der Waals surface area contributed by atoms with E-state index in [4.69, 9.17) is 4.74 Å². The Morgan fingerprint density at radius 1 is 1.11 bits per heavy atom. The number of hydrogen-bond donors (Lipinski definition) is 1. The molecule has 5 unspecified atom stereocenters. The maximum atomic E-state index is 12.5. The zero-order chi connectivity index (χ0) is 12.1. The van der Waals surface area contributed by atoms with Gasteiger partial charge in [0.25, 0.3) is 0 Å². The third-order valence-electron chi connectivity index (χ3n) is 5.41. The van der Waals surface area contributed by atoms with E-state index < -0.39 is 0 Å². The van der Waals surface area contributed by atoms with Crippen molar-refractivity contribution in [1.29, 1.82) is 0 Å². The van der Waals surface area contributed by atoms with Crippen molar-refractivity contribution in [2.45, 2.75) is 37.9 Å². The van der Waals surface area contributed by atoms with Crippen LogP contribution in [-0.4, -0.2) is 49.2 Å². The summed E-state index contributed by atoms with van der Waals surface area (Å²) in [5, 5.41) is 3.35. The highest BCUT2D eigenvalue weighted by Crippen LogP contribution is 2.47. The molecule has 4 aliphatic heterocycles. The van der Waals surface area contributed by atoms with Gasteiger partial charge in [-0.2, -0.15) is 0 Å². The second-order valence-corrected chi connectivity index (χ2v) is 6.40. The third kappa shape index (κ3) is 2.18. The van der Waals surface area contributed by atoms with Crippen LogP contribution in [0.1, 0.15) is 25.7 Å². The number of carbonyl (C=O) groups excluding carboxylic acids is 1. The van der Waals surface area contributed by atoms with Crippen LogP contribution >= 0.6 is 12.4 Å². The number of piperidine rings is 1. The minimum Gasteiger partial charge on any atom is -0.374 e. The van der Waals surface area contributed by atoms with Gasteiger partial charge in [0, 0.05) is 31.5 Å². The maximum absolute atomic E-state index is 12.5. The summed E-state index contributed by atoms with van der Waals surface area (Å²) < 4.78 is 5.96. The fraction of sp³-hybridized carbons (Fsp3) is 0.929. The normalized spacial score (nSPS) is 44.0. The average molecular weight is 287 g/mol. The van der Waals surface area contributed by atoms with Crippen LogP contribution in [-0.2, 0) is 9.53 Å². The lowest BCUT2D eigenvalue weighted by atomic mass is 9.82. The lowest BCUT2D eigenvalue weighted by Crippen LogP contribution is -2.42. The van der Waals surface area contributed by atoms with Crippen molar-refractivity contribution in [3.63, 3.8) is 0 Å². The van der Waals surface area contributed by atoms with Crippen molar-refractivity contribution in [1.82, 2.24) is 10.2 Å². The minimum atomic E-state index is 0. The van der Waals surface area contributed by atoms with E-state index in [1.165, 1.54) is 12.8 Å². The van der Waals surface area contributed by atoms with Gasteiger partial charge in [-0.1, -0.05) is 0 Å². The maximum Gasteiger partial charge on any atom is 0.226 e. The summed E-state index contributed by atoms with van der Waals surface area (Å²) in [4.78, 5) is 14.7. The van der Waals surface area contributed by atoms with E-state index in [9.17, 15) is 4.79 Å². The number of rotatable bonds is 1. The van der Waals surface area contributed by atoms with Crippen LogP contribution in [0.2, 0.25) is 0 Å². The van der Waals surface area contributed by atoms with Crippen molar-refractivity contribution < 1.29 is 9.53 Å². The average Bonchev–Trinajstić information content (AvgIpc) is 3.10. The van der Waals surface area contributed by atoms with E-state index in [1.807, 2.05) is 0 Å². The molecule has 4 fully saturated rings. The number of carbonyl (C=O) groups is 1.